The van der Waals surface area contributed by atoms with Gasteiger partial charge < -0.3 is 0 Å². The molecule has 8 nitrogen and oxygen atoms in total. The van der Waals surface area contributed by atoms with Crippen molar-refractivity contribution in [2.75, 3.05) is 26.2 Å². The van der Waals surface area contributed by atoms with Crippen LogP contribution in [0, 0.1) is 0 Å². The van der Waals surface area contributed by atoms with Gasteiger partial charge in [-0.3, -0.25) is 9.59 Å². The van der Waals surface area contributed by atoms with E-state index in [0.717, 1.165) is 38.5 Å². The van der Waals surface area contributed by atoms with E-state index in [9.17, 15) is 26.4 Å². The lowest BCUT2D eigenvalue weighted by Crippen LogP contribution is -2.36. The molecule has 0 atom stereocenters. The topological polar surface area (TPSA) is 109 Å². The fourth-order valence-corrected chi connectivity index (χ4v) is 8.03. The summed E-state index contributed by atoms with van der Waals surface area (Å²) in [4.78, 5) is 26.4. The van der Waals surface area contributed by atoms with Gasteiger partial charge in [-0.25, -0.2) is 16.8 Å². The number of fused-ring (bicyclic) bond motifs is 2. The quantitative estimate of drug-likeness (QED) is 0.543. The number of nitrogens with zero attached hydrogens (tertiary/aromatic N) is 2. The highest BCUT2D eigenvalue weighted by atomic mass is 32.2. The Labute approximate surface area is 199 Å². The Morgan fingerprint density at radius 3 is 1.24 bits per heavy atom. The third-order valence-corrected chi connectivity index (χ3v) is 10.7. The molecule has 2 aliphatic heterocycles. The van der Waals surface area contributed by atoms with Gasteiger partial charge in [0.2, 0.25) is 20.0 Å². The SMILES string of the molecule is O=C1c2ccc(S(=O)(=O)N3CCCCC3)cc2C(=O)c2cc(S(=O)(=O)N3CCCCC3)ccc21. The summed E-state index contributed by atoms with van der Waals surface area (Å²) < 4.78 is 55.3. The van der Waals surface area contributed by atoms with Crippen LogP contribution in [0.15, 0.2) is 46.2 Å². The molecule has 2 fully saturated rings. The maximum atomic E-state index is 13.4. The Balaban J connectivity index is 1.54. The number of ketones is 2. The molecule has 0 radical (unpaired) electrons. The standard InChI is InChI=1S/C24H26N2O6S2/c27-23-19-9-7-17(33(29,30)25-11-3-1-4-12-25)15-21(19)24(28)22-16-18(8-10-20(22)23)34(31,32)26-13-5-2-6-14-26/h7-10,15-16H,1-6,11-14H2. The van der Waals surface area contributed by atoms with Gasteiger partial charge >= 0.3 is 0 Å². The number of piperidine rings is 2. The molecular formula is C24H26N2O6S2. The summed E-state index contributed by atoms with van der Waals surface area (Å²) in [6, 6.07) is 8.02. The van der Waals surface area contributed by atoms with Crippen molar-refractivity contribution in [3.05, 3.63) is 58.7 Å². The molecule has 2 aromatic carbocycles. The van der Waals surface area contributed by atoms with Gasteiger partial charge in [0.1, 0.15) is 0 Å². The van der Waals surface area contributed by atoms with Crippen LogP contribution in [-0.4, -0.2) is 63.2 Å². The Bertz CT molecular complexity index is 1280. The molecular weight excluding hydrogens is 476 g/mol. The van der Waals surface area contributed by atoms with Crippen LogP contribution in [0.1, 0.15) is 70.4 Å². The van der Waals surface area contributed by atoms with E-state index in [0.29, 0.717) is 26.2 Å². The van der Waals surface area contributed by atoms with Crippen molar-refractivity contribution in [3.63, 3.8) is 0 Å². The molecule has 0 N–H and O–H groups in total. The first-order valence-corrected chi connectivity index (χ1v) is 14.5. The summed E-state index contributed by atoms with van der Waals surface area (Å²) in [5.74, 6) is -0.968. The van der Waals surface area contributed by atoms with Gasteiger partial charge in [0, 0.05) is 48.4 Å². The van der Waals surface area contributed by atoms with E-state index in [1.54, 1.807) is 0 Å². The van der Waals surface area contributed by atoms with Crippen LogP contribution in [0.4, 0.5) is 0 Å². The fourth-order valence-electron chi connectivity index (χ4n) is 4.94. The zero-order valence-electron chi connectivity index (χ0n) is 18.7. The minimum absolute atomic E-state index is 0.0110. The van der Waals surface area contributed by atoms with E-state index < -0.39 is 31.6 Å². The number of carbonyl (C=O) groups excluding carboxylic acids is 2. The van der Waals surface area contributed by atoms with Crippen molar-refractivity contribution < 1.29 is 26.4 Å². The number of rotatable bonds is 4. The molecule has 3 aliphatic rings. The van der Waals surface area contributed by atoms with Crippen LogP contribution in [-0.2, 0) is 20.0 Å². The summed E-state index contributed by atoms with van der Waals surface area (Å²) in [5.41, 5.74) is 0.231. The largest absolute Gasteiger partial charge is 0.289 e. The summed E-state index contributed by atoms with van der Waals surface area (Å²) in [7, 11) is -7.58. The maximum Gasteiger partial charge on any atom is 0.243 e. The minimum atomic E-state index is -3.79. The van der Waals surface area contributed by atoms with Crippen molar-refractivity contribution in [2.24, 2.45) is 0 Å². The third kappa shape index (κ3) is 3.82. The highest BCUT2D eigenvalue weighted by molar-refractivity contribution is 7.89. The maximum absolute atomic E-state index is 13.4. The Morgan fingerprint density at radius 2 is 0.853 bits per heavy atom. The summed E-state index contributed by atoms with van der Waals surface area (Å²) in [5, 5.41) is 0. The molecule has 0 unspecified atom stereocenters. The molecule has 2 heterocycles. The van der Waals surface area contributed by atoms with Crippen LogP contribution in [0.3, 0.4) is 0 Å². The first-order chi connectivity index (χ1) is 16.2. The Kier molecular flexibility index (Phi) is 5.96. The molecule has 0 aromatic heterocycles. The van der Waals surface area contributed by atoms with Gasteiger partial charge in [-0.2, -0.15) is 8.61 Å². The Hall–Kier alpha value is -2.40. The van der Waals surface area contributed by atoms with Crippen molar-refractivity contribution in [1.29, 1.82) is 0 Å². The second kappa shape index (κ2) is 8.67. The van der Waals surface area contributed by atoms with E-state index in [-0.39, 0.29) is 32.0 Å². The lowest BCUT2D eigenvalue weighted by atomic mass is 9.84. The normalized spacial score (nSPS) is 20.1. The number of hydrogen-bond donors (Lipinski definition) is 0. The van der Waals surface area contributed by atoms with Gasteiger partial charge in [0.05, 0.1) is 9.79 Å². The summed E-state index contributed by atoms with van der Waals surface area (Å²) in [6.45, 7) is 1.69. The Morgan fingerprint density at radius 1 is 0.500 bits per heavy atom. The molecule has 180 valence electrons. The van der Waals surface area contributed by atoms with Crippen molar-refractivity contribution in [3.8, 4) is 0 Å². The van der Waals surface area contributed by atoms with E-state index in [1.165, 1.54) is 45.0 Å². The molecule has 5 rings (SSSR count). The highest BCUT2D eigenvalue weighted by Gasteiger charge is 2.35. The third-order valence-electron chi connectivity index (χ3n) is 6.87. The summed E-state index contributed by atoms with van der Waals surface area (Å²) in [6.07, 6.45) is 5.07. The van der Waals surface area contributed by atoms with Crippen molar-refractivity contribution >= 4 is 31.6 Å². The fraction of sp³-hybridized carbons (Fsp3) is 0.417. The smallest absolute Gasteiger partial charge is 0.243 e. The molecule has 2 saturated heterocycles. The van der Waals surface area contributed by atoms with Crippen LogP contribution in [0.5, 0.6) is 0 Å². The van der Waals surface area contributed by atoms with E-state index >= 15 is 0 Å². The van der Waals surface area contributed by atoms with Crippen molar-refractivity contribution in [1.82, 2.24) is 8.61 Å². The van der Waals surface area contributed by atoms with Crippen molar-refractivity contribution in [2.45, 2.75) is 48.3 Å². The molecule has 0 spiro atoms. The number of hydrogen-bond acceptors (Lipinski definition) is 6. The lowest BCUT2D eigenvalue weighted by molar-refractivity contribution is 0.0978. The molecule has 1 aliphatic carbocycles. The number of carbonyl (C=O) groups is 2. The minimum Gasteiger partial charge on any atom is -0.289 e. The van der Waals surface area contributed by atoms with E-state index in [4.69, 9.17) is 0 Å². The summed E-state index contributed by atoms with van der Waals surface area (Å²) >= 11 is 0. The van der Waals surface area contributed by atoms with Gasteiger partial charge in [-0.05, 0) is 62.1 Å². The average Bonchev–Trinajstić information content (AvgIpc) is 2.87. The van der Waals surface area contributed by atoms with Gasteiger partial charge in [0.25, 0.3) is 0 Å². The zero-order chi connectivity index (χ0) is 24.1. The molecule has 0 bridgehead atoms. The highest BCUT2D eigenvalue weighted by Crippen LogP contribution is 2.32. The number of sulfonamides is 2. The first kappa shape index (κ1) is 23.3. The molecule has 0 amide bonds. The first-order valence-electron chi connectivity index (χ1n) is 11.6. The lowest BCUT2D eigenvalue weighted by Gasteiger charge is -2.27. The van der Waals surface area contributed by atoms with E-state index in [2.05, 4.69) is 0 Å². The average molecular weight is 503 g/mol. The molecule has 0 saturated carbocycles. The van der Waals surface area contributed by atoms with Gasteiger partial charge in [-0.15, -0.1) is 0 Å². The van der Waals surface area contributed by atoms with Crippen LogP contribution >= 0.6 is 0 Å². The predicted octanol–water partition coefficient (Wildman–Crippen LogP) is 2.81. The molecule has 10 heteroatoms. The molecule has 2 aromatic rings. The zero-order valence-corrected chi connectivity index (χ0v) is 20.3. The number of benzene rings is 2. The predicted molar refractivity (Wildman–Crippen MR) is 125 cm³/mol. The monoisotopic (exact) mass is 502 g/mol. The van der Waals surface area contributed by atoms with Gasteiger partial charge in [0.15, 0.2) is 11.6 Å². The second-order valence-electron chi connectivity index (χ2n) is 9.00. The van der Waals surface area contributed by atoms with E-state index in [1.807, 2.05) is 0 Å². The van der Waals surface area contributed by atoms with Crippen LogP contribution in [0.25, 0.3) is 0 Å². The van der Waals surface area contributed by atoms with Gasteiger partial charge in [-0.1, -0.05) is 12.8 Å². The van der Waals surface area contributed by atoms with Crippen LogP contribution in [0.2, 0.25) is 0 Å². The molecule has 34 heavy (non-hydrogen) atoms. The second-order valence-corrected chi connectivity index (χ2v) is 12.9. The van der Waals surface area contributed by atoms with Crippen LogP contribution < -0.4 is 0 Å².